The minimum absolute atomic E-state index is 0.0291. The highest BCUT2D eigenvalue weighted by Crippen LogP contribution is 2.40. The fourth-order valence-corrected chi connectivity index (χ4v) is 6.51. The van der Waals surface area contributed by atoms with Crippen LogP contribution in [0, 0.1) is 0 Å². The number of piperidine rings is 1. The minimum atomic E-state index is -0.804. The molecule has 1 N–H and O–H groups in total. The highest BCUT2D eigenvalue weighted by molar-refractivity contribution is 5.99. The Morgan fingerprint density at radius 3 is 2.63 bits per heavy atom. The van der Waals surface area contributed by atoms with Crippen LogP contribution in [0.15, 0.2) is 67.4 Å². The van der Waals surface area contributed by atoms with Crippen LogP contribution < -0.4 is 4.90 Å². The molecule has 12 nitrogen and oxygen atoms in total. The molecule has 41 heavy (non-hydrogen) atoms. The number of benzene rings is 2. The van der Waals surface area contributed by atoms with Crippen LogP contribution in [0.3, 0.4) is 0 Å². The Morgan fingerprint density at radius 1 is 1.02 bits per heavy atom. The molecule has 3 aliphatic heterocycles. The van der Waals surface area contributed by atoms with E-state index in [0.717, 1.165) is 23.0 Å². The van der Waals surface area contributed by atoms with Gasteiger partial charge >= 0.3 is 0 Å². The summed E-state index contributed by atoms with van der Waals surface area (Å²) in [5.41, 5.74) is 1.62. The molecule has 0 saturated carbocycles. The molecule has 3 aliphatic rings. The number of carbonyl (C=O) groups is 3. The second-order valence-corrected chi connectivity index (χ2v) is 11.1. The Kier molecular flexibility index (Phi) is 6.17. The molecule has 3 amide bonds. The third-order valence-corrected chi connectivity index (χ3v) is 8.80. The summed E-state index contributed by atoms with van der Waals surface area (Å²) in [4.78, 5) is 52.3. The number of carbonyl (C=O) groups excluding carboxylic acids is 3. The maximum atomic E-state index is 14.1. The summed E-state index contributed by atoms with van der Waals surface area (Å²) in [6, 6.07) is 15.5. The molecule has 7 rings (SSSR count). The SMILES string of the molecule is O=C(CN1CN(c2ccccc2)C2(CCN(C(=O)c3ccc4[nH]ncc4c3)CC2)C1=O)N1CCC(n2cncn2)C1. The average Bonchev–Trinajstić information content (AvgIpc) is 3.82. The van der Waals surface area contributed by atoms with Crippen molar-refractivity contribution in [1.82, 2.24) is 39.7 Å². The van der Waals surface area contributed by atoms with Crippen LogP contribution in [0.2, 0.25) is 0 Å². The molecule has 0 aliphatic carbocycles. The number of hydrogen-bond acceptors (Lipinski definition) is 7. The topological polar surface area (TPSA) is 124 Å². The predicted octanol–water partition coefficient (Wildman–Crippen LogP) is 1.91. The van der Waals surface area contributed by atoms with E-state index in [4.69, 9.17) is 0 Å². The lowest BCUT2D eigenvalue weighted by atomic mass is 9.85. The number of aromatic nitrogens is 5. The summed E-state index contributed by atoms with van der Waals surface area (Å²) in [5, 5.41) is 12.1. The number of H-pyrrole nitrogens is 1. The minimum Gasteiger partial charge on any atom is -0.339 e. The average molecular weight is 554 g/mol. The highest BCUT2D eigenvalue weighted by Gasteiger charge is 2.54. The zero-order valence-electron chi connectivity index (χ0n) is 22.6. The quantitative estimate of drug-likeness (QED) is 0.401. The molecule has 0 radical (unpaired) electrons. The van der Waals surface area contributed by atoms with Gasteiger partial charge in [-0.1, -0.05) is 18.2 Å². The van der Waals surface area contributed by atoms with Gasteiger partial charge in [0, 0.05) is 42.8 Å². The molecule has 1 atom stereocenters. The van der Waals surface area contributed by atoms with Crippen molar-refractivity contribution >= 4 is 34.3 Å². The highest BCUT2D eigenvalue weighted by atomic mass is 16.2. The Balaban J connectivity index is 1.07. The first kappa shape index (κ1) is 25.2. The summed E-state index contributed by atoms with van der Waals surface area (Å²) >= 11 is 0. The van der Waals surface area contributed by atoms with Crippen molar-refractivity contribution < 1.29 is 14.4 Å². The summed E-state index contributed by atoms with van der Waals surface area (Å²) in [5.74, 6) is -0.162. The van der Waals surface area contributed by atoms with E-state index in [1.54, 1.807) is 22.1 Å². The first-order valence-electron chi connectivity index (χ1n) is 14.0. The van der Waals surface area contributed by atoms with E-state index in [1.165, 1.54) is 6.33 Å². The van der Waals surface area contributed by atoms with Crippen molar-refractivity contribution in [3.05, 3.63) is 72.9 Å². The van der Waals surface area contributed by atoms with Crippen LogP contribution in [0.1, 0.15) is 35.7 Å². The standard InChI is InChI=1S/C29H31N9O3/c39-26(35-11-8-24(16-35)38-19-30-18-32-38)17-36-20-37(23-4-2-1-3-5-23)29(28(36)41)9-12-34(13-10-29)27(40)21-6-7-25-22(14-21)15-31-33-25/h1-7,14-15,18-19,24H,8-13,16-17,20H2,(H,31,33). The molecular formula is C29H31N9O3. The van der Waals surface area contributed by atoms with E-state index in [9.17, 15) is 14.4 Å². The van der Waals surface area contributed by atoms with E-state index in [-0.39, 0.29) is 30.3 Å². The van der Waals surface area contributed by atoms with Gasteiger partial charge in [0.2, 0.25) is 5.91 Å². The third-order valence-electron chi connectivity index (χ3n) is 8.80. The number of aromatic amines is 1. The van der Waals surface area contributed by atoms with Gasteiger partial charge in [0.05, 0.1) is 24.4 Å². The molecule has 5 heterocycles. The van der Waals surface area contributed by atoms with E-state index in [2.05, 4.69) is 25.2 Å². The van der Waals surface area contributed by atoms with Crippen LogP contribution in [0.4, 0.5) is 5.69 Å². The van der Waals surface area contributed by atoms with Crippen LogP contribution in [0.5, 0.6) is 0 Å². The van der Waals surface area contributed by atoms with Crippen LogP contribution in [-0.2, 0) is 9.59 Å². The molecule has 2 aromatic heterocycles. The molecule has 12 heteroatoms. The van der Waals surface area contributed by atoms with Crippen molar-refractivity contribution in [3.63, 3.8) is 0 Å². The molecule has 1 spiro atoms. The molecule has 4 aromatic rings. The Morgan fingerprint density at radius 2 is 1.85 bits per heavy atom. The lowest BCUT2D eigenvalue weighted by molar-refractivity contribution is -0.140. The van der Waals surface area contributed by atoms with Gasteiger partial charge in [-0.15, -0.1) is 0 Å². The largest absolute Gasteiger partial charge is 0.339 e. The van der Waals surface area contributed by atoms with E-state index < -0.39 is 5.54 Å². The number of fused-ring (bicyclic) bond motifs is 1. The number of rotatable bonds is 5. The maximum Gasteiger partial charge on any atom is 0.253 e. The molecule has 210 valence electrons. The number of anilines is 1. The van der Waals surface area contributed by atoms with Gasteiger partial charge in [0.15, 0.2) is 0 Å². The van der Waals surface area contributed by atoms with E-state index >= 15 is 0 Å². The number of likely N-dealkylation sites (tertiary alicyclic amines) is 2. The van der Waals surface area contributed by atoms with Gasteiger partial charge in [0.1, 0.15) is 24.7 Å². The number of hydrogen-bond donors (Lipinski definition) is 1. The summed E-state index contributed by atoms with van der Waals surface area (Å²) in [7, 11) is 0. The van der Waals surface area contributed by atoms with Gasteiger partial charge in [-0.3, -0.25) is 19.5 Å². The lowest BCUT2D eigenvalue weighted by Gasteiger charge is -2.43. The van der Waals surface area contributed by atoms with Gasteiger partial charge in [0.25, 0.3) is 11.8 Å². The Hall–Kier alpha value is -4.74. The Bertz CT molecular complexity index is 1580. The number of amides is 3. The second-order valence-electron chi connectivity index (χ2n) is 11.1. The van der Waals surface area contributed by atoms with Crippen LogP contribution in [0.25, 0.3) is 10.9 Å². The second kappa shape index (κ2) is 10.0. The van der Waals surface area contributed by atoms with Crippen LogP contribution >= 0.6 is 0 Å². The van der Waals surface area contributed by atoms with E-state index in [1.807, 2.05) is 58.3 Å². The van der Waals surface area contributed by atoms with Crippen molar-refractivity contribution in [3.8, 4) is 0 Å². The van der Waals surface area contributed by atoms with Gasteiger partial charge in [-0.05, 0) is 49.6 Å². The maximum absolute atomic E-state index is 14.1. The zero-order valence-corrected chi connectivity index (χ0v) is 22.6. The lowest BCUT2D eigenvalue weighted by Crippen LogP contribution is -2.57. The normalized spacial score (nSPS) is 20.5. The Labute approximate surface area is 236 Å². The van der Waals surface area contributed by atoms with Gasteiger partial charge in [-0.2, -0.15) is 10.2 Å². The molecule has 3 fully saturated rings. The van der Waals surface area contributed by atoms with Crippen molar-refractivity contribution in [2.45, 2.75) is 30.8 Å². The summed E-state index contributed by atoms with van der Waals surface area (Å²) < 4.78 is 1.79. The monoisotopic (exact) mass is 553 g/mol. The first-order chi connectivity index (χ1) is 20.0. The molecule has 0 bridgehead atoms. The number of nitrogens with zero attached hydrogens (tertiary/aromatic N) is 8. The third kappa shape index (κ3) is 4.39. The molecule has 2 aromatic carbocycles. The van der Waals surface area contributed by atoms with Crippen molar-refractivity contribution in [1.29, 1.82) is 0 Å². The fourth-order valence-electron chi connectivity index (χ4n) is 6.51. The van der Waals surface area contributed by atoms with Crippen molar-refractivity contribution in [2.75, 3.05) is 44.3 Å². The predicted molar refractivity (Wildman–Crippen MR) is 150 cm³/mol. The summed E-state index contributed by atoms with van der Waals surface area (Å²) in [6.07, 6.45) is 6.67. The first-order valence-corrected chi connectivity index (χ1v) is 14.0. The zero-order chi connectivity index (χ0) is 28.0. The number of nitrogens with one attached hydrogen (secondary N) is 1. The molecule has 1 unspecified atom stereocenters. The number of para-hydroxylation sites is 1. The van der Waals surface area contributed by atoms with Gasteiger partial charge < -0.3 is 19.6 Å². The van der Waals surface area contributed by atoms with Gasteiger partial charge in [-0.25, -0.2) is 9.67 Å². The van der Waals surface area contributed by atoms with E-state index in [0.29, 0.717) is 51.3 Å². The van der Waals surface area contributed by atoms with Crippen molar-refractivity contribution in [2.24, 2.45) is 0 Å². The smallest absolute Gasteiger partial charge is 0.253 e. The van der Waals surface area contributed by atoms with Crippen LogP contribution in [-0.4, -0.2) is 102 Å². The molecular weight excluding hydrogens is 522 g/mol. The molecule has 3 saturated heterocycles. The summed E-state index contributed by atoms with van der Waals surface area (Å²) in [6.45, 7) is 2.44. The fraction of sp³-hybridized carbons (Fsp3) is 0.379.